The molecule has 1 aliphatic carbocycles. The molecule has 0 bridgehead atoms. The van der Waals surface area contributed by atoms with Crippen LogP contribution in [0.15, 0.2) is 24.0 Å². The number of ether oxygens (including phenoxy) is 1. The van der Waals surface area contributed by atoms with Gasteiger partial charge < -0.3 is 14.9 Å². The largest absolute Gasteiger partial charge is 0.508 e. The van der Waals surface area contributed by atoms with Crippen LogP contribution in [-0.2, 0) is 9.53 Å². The highest BCUT2D eigenvalue weighted by molar-refractivity contribution is 5.70. The van der Waals surface area contributed by atoms with Crippen LogP contribution >= 0.6 is 0 Å². The smallest absolute Gasteiger partial charge is 0.306 e. The number of hydrogen-bond acceptors (Lipinski definition) is 3. The number of carboxylic acids is 1. The van der Waals surface area contributed by atoms with Gasteiger partial charge in [0.1, 0.15) is 17.5 Å². The fourth-order valence-corrected chi connectivity index (χ4v) is 1.39. The summed E-state index contributed by atoms with van der Waals surface area (Å²) in [5.74, 6) is -0.754. The van der Waals surface area contributed by atoms with E-state index in [1.54, 1.807) is 6.08 Å². The first-order chi connectivity index (χ1) is 5.62. The predicted octanol–water partition coefficient (Wildman–Crippen LogP) is 0.610. The van der Waals surface area contributed by atoms with E-state index in [0.29, 0.717) is 0 Å². The lowest BCUT2D eigenvalue weighted by Gasteiger charge is -2.05. The molecule has 2 aliphatic rings. The Bertz CT molecular complexity index is 291. The first-order valence-electron chi connectivity index (χ1n) is 3.62. The van der Waals surface area contributed by atoms with Crippen molar-refractivity contribution in [3.8, 4) is 0 Å². The molecule has 12 heavy (non-hydrogen) atoms. The average Bonchev–Trinajstić information content (AvgIpc) is 2.60. The molecule has 0 aromatic heterocycles. The third-order valence-electron chi connectivity index (χ3n) is 2.06. The van der Waals surface area contributed by atoms with E-state index in [0.717, 1.165) is 0 Å². The summed E-state index contributed by atoms with van der Waals surface area (Å²) >= 11 is 0. The van der Waals surface area contributed by atoms with E-state index in [1.165, 1.54) is 12.2 Å². The summed E-state index contributed by atoms with van der Waals surface area (Å²) in [5.41, 5.74) is -0.669. The number of fused-ring (bicyclic) bond motifs is 1. The van der Waals surface area contributed by atoms with Crippen LogP contribution in [0.5, 0.6) is 0 Å². The van der Waals surface area contributed by atoms with Crippen molar-refractivity contribution in [3.05, 3.63) is 24.0 Å². The highest BCUT2D eigenvalue weighted by Crippen LogP contribution is 2.44. The molecule has 0 aromatic rings. The number of aliphatic hydroxyl groups excluding tert-OH is 1. The Morgan fingerprint density at radius 2 is 2.50 bits per heavy atom. The second kappa shape index (κ2) is 2.10. The monoisotopic (exact) mass is 168 g/mol. The molecule has 2 atom stereocenters. The molecule has 64 valence electrons. The van der Waals surface area contributed by atoms with E-state index in [-0.39, 0.29) is 18.3 Å². The minimum absolute atomic E-state index is 0.0437. The molecule has 2 unspecified atom stereocenters. The quantitative estimate of drug-likeness (QED) is 0.592. The van der Waals surface area contributed by atoms with Crippen LogP contribution < -0.4 is 0 Å². The number of carboxylic acid groups (broad SMARTS) is 1. The van der Waals surface area contributed by atoms with Gasteiger partial charge in [-0.25, -0.2) is 0 Å². The van der Waals surface area contributed by atoms with E-state index >= 15 is 0 Å². The third kappa shape index (κ3) is 1.00. The lowest BCUT2D eigenvalue weighted by atomic mass is 9.96. The fraction of sp³-hybridized carbons (Fsp3) is 0.375. The predicted molar refractivity (Wildman–Crippen MR) is 39.7 cm³/mol. The Kier molecular flexibility index (Phi) is 1.29. The maximum atomic E-state index is 10.4. The van der Waals surface area contributed by atoms with Crippen LogP contribution in [0.3, 0.4) is 0 Å². The van der Waals surface area contributed by atoms with Gasteiger partial charge in [0.2, 0.25) is 0 Å². The van der Waals surface area contributed by atoms with Crippen molar-refractivity contribution in [2.24, 2.45) is 0 Å². The number of hydrogen-bond donors (Lipinski definition) is 2. The molecule has 1 aliphatic heterocycles. The lowest BCUT2D eigenvalue weighted by Crippen LogP contribution is -2.18. The zero-order valence-corrected chi connectivity index (χ0v) is 6.23. The highest BCUT2D eigenvalue weighted by atomic mass is 16.6. The van der Waals surface area contributed by atoms with Crippen LogP contribution in [0.25, 0.3) is 0 Å². The van der Waals surface area contributed by atoms with E-state index in [1.807, 2.05) is 0 Å². The van der Waals surface area contributed by atoms with Gasteiger partial charge in [0.25, 0.3) is 0 Å². The second-order valence-corrected chi connectivity index (χ2v) is 2.99. The van der Waals surface area contributed by atoms with Crippen molar-refractivity contribution in [1.82, 2.24) is 0 Å². The summed E-state index contributed by atoms with van der Waals surface area (Å²) < 4.78 is 5.14. The van der Waals surface area contributed by atoms with Crippen LogP contribution in [0.2, 0.25) is 0 Å². The standard InChI is InChI=1S/C8H8O4/c9-5-1-2-8(4-7(10)11)6(3-5)12-8/h1-3,6,9H,4H2,(H,10,11). The molecule has 0 amide bonds. The van der Waals surface area contributed by atoms with Crippen LogP contribution in [-0.4, -0.2) is 27.9 Å². The minimum Gasteiger partial charge on any atom is -0.508 e. The van der Waals surface area contributed by atoms with Crippen molar-refractivity contribution in [2.45, 2.75) is 18.1 Å². The van der Waals surface area contributed by atoms with Gasteiger partial charge in [-0.3, -0.25) is 4.79 Å². The maximum absolute atomic E-state index is 10.4. The summed E-state index contributed by atoms with van der Waals surface area (Å²) in [6, 6.07) is 0. The van der Waals surface area contributed by atoms with Crippen molar-refractivity contribution < 1.29 is 19.7 Å². The molecule has 0 saturated carbocycles. The maximum Gasteiger partial charge on any atom is 0.306 e. The van der Waals surface area contributed by atoms with E-state index in [4.69, 9.17) is 14.9 Å². The van der Waals surface area contributed by atoms with Crippen molar-refractivity contribution in [1.29, 1.82) is 0 Å². The van der Waals surface area contributed by atoms with Gasteiger partial charge in [-0.2, -0.15) is 0 Å². The number of epoxide rings is 1. The Morgan fingerprint density at radius 3 is 3.08 bits per heavy atom. The summed E-state index contributed by atoms with van der Waals surface area (Å²) in [6.07, 6.45) is 4.28. The summed E-state index contributed by atoms with van der Waals surface area (Å²) in [4.78, 5) is 10.4. The van der Waals surface area contributed by atoms with Crippen molar-refractivity contribution >= 4 is 5.97 Å². The van der Waals surface area contributed by atoms with Crippen LogP contribution in [0.4, 0.5) is 0 Å². The molecule has 1 heterocycles. The van der Waals surface area contributed by atoms with Crippen molar-refractivity contribution in [3.63, 3.8) is 0 Å². The molecule has 1 fully saturated rings. The number of aliphatic carboxylic acids is 1. The molecule has 0 radical (unpaired) electrons. The van der Waals surface area contributed by atoms with Gasteiger partial charge in [0.05, 0.1) is 6.42 Å². The molecule has 1 saturated heterocycles. The van der Waals surface area contributed by atoms with Crippen LogP contribution in [0, 0.1) is 0 Å². The van der Waals surface area contributed by atoms with E-state index in [9.17, 15) is 4.79 Å². The zero-order valence-electron chi connectivity index (χ0n) is 6.23. The fourth-order valence-electron chi connectivity index (χ4n) is 1.39. The zero-order chi connectivity index (χ0) is 8.77. The minimum atomic E-state index is -0.892. The number of allylic oxidation sites excluding steroid dienone is 1. The normalized spacial score (nSPS) is 37.0. The molecule has 4 nitrogen and oxygen atoms in total. The number of rotatable bonds is 2. The third-order valence-corrected chi connectivity index (χ3v) is 2.06. The Hall–Kier alpha value is -1.29. The van der Waals surface area contributed by atoms with Crippen molar-refractivity contribution in [2.75, 3.05) is 0 Å². The van der Waals surface area contributed by atoms with Gasteiger partial charge in [-0.1, -0.05) is 0 Å². The van der Waals surface area contributed by atoms with E-state index in [2.05, 4.69) is 0 Å². The van der Waals surface area contributed by atoms with Crippen LogP contribution in [0.1, 0.15) is 6.42 Å². The topological polar surface area (TPSA) is 70.1 Å². The van der Waals surface area contributed by atoms with Gasteiger partial charge >= 0.3 is 5.97 Å². The lowest BCUT2D eigenvalue weighted by molar-refractivity contribution is -0.137. The van der Waals surface area contributed by atoms with Gasteiger partial charge in [0.15, 0.2) is 0 Å². The first kappa shape index (κ1) is 7.36. The molecular formula is C8H8O4. The Morgan fingerprint density at radius 1 is 1.75 bits per heavy atom. The number of aliphatic hydroxyl groups is 1. The summed E-state index contributed by atoms with van der Waals surface area (Å²) in [5, 5.41) is 17.5. The van der Waals surface area contributed by atoms with Gasteiger partial charge in [-0.05, 0) is 18.2 Å². The summed E-state index contributed by atoms with van der Waals surface area (Å²) in [7, 11) is 0. The Labute approximate surface area is 68.8 Å². The first-order valence-corrected chi connectivity index (χ1v) is 3.62. The van der Waals surface area contributed by atoms with E-state index < -0.39 is 11.6 Å². The molecule has 2 rings (SSSR count). The SMILES string of the molecule is O=C(O)CC12C=CC(O)=CC1O2. The summed E-state index contributed by atoms with van der Waals surface area (Å²) in [6.45, 7) is 0. The molecule has 0 aromatic carbocycles. The second-order valence-electron chi connectivity index (χ2n) is 2.99. The average molecular weight is 168 g/mol. The molecular weight excluding hydrogens is 160 g/mol. The highest BCUT2D eigenvalue weighted by Gasteiger charge is 2.56. The molecule has 2 N–H and O–H groups in total. The molecule has 4 heteroatoms. The van der Waals surface area contributed by atoms with Gasteiger partial charge in [0, 0.05) is 0 Å². The number of carbonyl (C=O) groups is 1. The van der Waals surface area contributed by atoms with Gasteiger partial charge in [-0.15, -0.1) is 0 Å². The Balaban J connectivity index is 2.12. The molecule has 0 spiro atoms.